The Balaban J connectivity index is 0.000000873. The molecule has 0 heterocycles. The van der Waals surface area contributed by atoms with Crippen LogP contribution in [0.2, 0.25) is 5.02 Å². The number of rotatable bonds is 3. The van der Waals surface area contributed by atoms with Gasteiger partial charge in [0.1, 0.15) is 0 Å². The topological polar surface area (TPSA) is 98.3 Å². The Labute approximate surface area is 108 Å². The molecule has 0 amide bonds. The fourth-order valence-corrected chi connectivity index (χ4v) is 1.33. The molecule has 0 aromatic heterocycles. The summed E-state index contributed by atoms with van der Waals surface area (Å²) in [5.74, 6) is 0. The predicted octanol–water partition coefficient (Wildman–Crippen LogP) is 2.64. The lowest BCUT2D eigenvalue weighted by Gasteiger charge is -2.00. The van der Waals surface area contributed by atoms with Gasteiger partial charge in [-0.2, -0.15) is 0 Å². The molecule has 8 heteroatoms. The van der Waals surface area contributed by atoms with Crippen LogP contribution >= 0.6 is 11.6 Å². The van der Waals surface area contributed by atoms with E-state index in [-0.39, 0.29) is 10.6 Å². The van der Waals surface area contributed by atoms with E-state index in [1.54, 1.807) is 0 Å². The van der Waals surface area contributed by atoms with Crippen LogP contribution in [-0.2, 0) is 0 Å². The normalized spacial score (nSPS) is 9.06. The van der Waals surface area contributed by atoms with Gasteiger partial charge in [-0.25, -0.2) is 0 Å². The maximum absolute atomic E-state index is 10.6. The predicted molar refractivity (Wildman–Crippen MR) is 69.8 cm³/mol. The molecule has 1 aromatic rings. The maximum atomic E-state index is 10.6. The zero-order chi connectivity index (χ0) is 14.3. The summed E-state index contributed by atoms with van der Waals surface area (Å²) in [7, 11) is 3.75. The van der Waals surface area contributed by atoms with Gasteiger partial charge in [-0.1, -0.05) is 24.3 Å². The SMILES string of the molecule is C=Cc1c(Cl)cc([N+](=O)[O-])cc1[N+](=O)[O-].CNC. The minimum atomic E-state index is -0.744. The van der Waals surface area contributed by atoms with E-state index in [2.05, 4.69) is 11.9 Å². The van der Waals surface area contributed by atoms with Crippen molar-refractivity contribution in [2.24, 2.45) is 0 Å². The van der Waals surface area contributed by atoms with Crippen molar-refractivity contribution >= 4 is 29.1 Å². The summed E-state index contributed by atoms with van der Waals surface area (Å²) in [6.45, 7) is 3.35. The largest absolute Gasteiger partial charge is 0.323 e. The average Bonchev–Trinajstić information content (AvgIpc) is 2.28. The quantitative estimate of drug-likeness (QED) is 0.674. The number of nitrogens with one attached hydrogen (secondary N) is 1. The van der Waals surface area contributed by atoms with Gasteiger partial charge >= 0.3 is 0 Å². The molecule has 0 saturated heterocycles. The van der Waals surface area contributed by atoms with E-state index in [0.29, 0.717) is 0 Å². The van der Waals surface area contributed by atoms with Crippen LogP contribution in [0.1, 0.15) is 5.56 Å². The first-order chi connectivity index (χ1) is 8.38. The molecule has 98 valence electrons. The standard InChI is InChI=1S/C8H5ClN2O4.C2H7N/c1-2-6-7(9)3-5(10(12)13)4-8(6)11(14)15;1-3-2/h2-4H,1H2;3H,1-2H3. The van der Waals surface area contributed by atoms with Crippen molar-refractivity contribution in [2.45, 2.75) is 0 Å². The molecule has 0 aliphatic carbocycles. The summed E-state index contributed by atoms with van der Waals surface area (Å²) in [4.78, 5) is 19.5. The summed E-state index contributed by atoms with van der Waals surface area (Å²) in [5.41, 5.74) is -0.770. The van der Waals surface area contributed by atoms with Gasteiger partial charge in [-0.15, -0.1) is 0 Å². The molecule has 7 nitrogen and oxygen atoms in total. The maximum Gasteiger partial charge on any atom is 0.284 e. The fourth-order valence-electron chi connectivity index (χ4n) is 1.05. The van der Waals surface area contributed by atoms with Crippen LogP contribution in [0.5, 0.6) is 0 Å². The fraction of sp³-hybridized carbons (Fsp3) is 0.200. The molecule has 0 unspecified atom stereocenters. The van der Waals surface area contributed by atoms with Crippen LogP contribution in [0.3, 0.4) is 0 Å². The van der Waals surface area contributed by atoms with Crippen molar-refractivity contribution in [3.05, 3.63) is 49.5 Å². The molecule has 0 spiro atoms. The summed E-state index contributed by atoms with van der Waals surface area (Å²) in [6.07, 6.45) is 1.18. The van der Waals surface area contributed by atoms with Crippen LogP contribution in [0.15, 0.2) is 18.7 Å². The van der Waals surface area contributed by atoms with Crippen molar-refractivity contribution in [3.8, 4) is 0 Å². The highest BCUT2D eigenvalue weighted by atomic mass is 35.5. The Morgan fingerprint density at radius 2 is 1.78 bits per heavy atom. The highest BCUT2D eigenvalue weighted by molar-refractivity contribution is 6.32. The Morgan fingerprint density at radius 3 is 2.11 bits per heavy atom. The lowest BCUT2D eigenvalue weighted by Crippen LogP contribution is -1.95. The molecule has 0 saturated carbocycles. The third-order valence-corrected chi connectivity index (χ3v) is 2.02. The number of non-ortho nitro benzene ring substituents is 1. The molecule has 0 aliphatic heterocycles. The van der Waals surface area contributed by atoms with Gasteiger partial charge in [0.25, 0.3) is 11.4 Å². The number of nitrogens with zero attached hydrogens (tertiary/aromatic N) is 2. The second-order valence-electron chi connectivity index (χ2n) is 3.08. The summed E-state index contributed by atoms with van der Waals surface area (Å²) < 4.78 is 0. The summed E-state index contributed by atoms with van der Waals surface area (Å²) in [5, 5.41) is 23.7. The molecule has 0 radical (unpaired) electrons. The van der Waals surface area contributed by atoms with Crippen molar-refractivity contribution in [2.75, 3.05) is 14.1 Å². The molecule has 0 bridgehead atoms. The second-order valence-corrected chi connectivity index (χ2v) is 3.49. The summed E-state index contributed by atoms with van der Waals surface area (Å²) in [6, 6.07) is 1.90. The zero-order valence-electron chi connectivity index (χ0n) is 9.84. The number of benzene rings is 1. The third kappa shape index (κ3) is 4.11. The van der Waals surface area contributed by atoms with E-state index in [4.69, 9.17) is 11.6 Å². The molecule has 0 aliphatic rings. The lowest BCUT2D eigenvalue weighted by molar-refractivity contribution is -0.394. The van der Waals surface area contributed by atoms with E-state index >= 15 is 0 Å². The van der Waals surface area contributed by atoms with E-state index in [1.807, 2.05) is 14.1 Å². The monoisotopic (exact) mass is 273 g/mol. The van der Waals surface area contributed by atoms with E-state index < -0.39 is 21.2 Å². The van der Waals surface area contributed by atoms with Gasteiger partial charge in [0.2, 0.25) is 0 Å². The van der Waals surface area contributed by atoms with E-state index in [0.717, 1.165) is 12.1 Å². The smallest absolute Gasteiger partial charge is 0.284 e. The first-order valence-electron chi connectivity index (χ1n) is 4.72. The second kappa shape index (κ2) is 7.36. The highest BCUT2D eigenvalue weighted by Gasteiger charge is 2.21. The van der Waals surface area contributed by atoms with Crippen LogP contribution in [0.25, 0.3) is 6.08 Å². The first-order valence-corrected chi connectivity index (χ1v) is 5.10. The molecule has 0 fully saturated rings. The molecule has 1 aromatic carbocycles. The number of nitro groups is 2. The van der Waals surface area contributed by atoms with Gasteiger partial charge in [0.05, 0.1) is 26.5 Å². The van der Waals surface area contributed by atoms with Gasteiger partial charge < -0.3 is 5.32 Å². The Morgan fingerprint density at radius 1 is 1.28 bits per heavy atom. The average molecular weight is 274 g/mol. The van der Waals surface area contributed by atoms with Crippen LogP contribution in [0.4, 0.5) is 11.4 Å². The Kier molecular flexibility index (Phi) is 6.54. The van der Waals surface area contributed by atoms with Crippen molar-refractivity contribution in [1.29, 1.82) is 0 Å². The lowest BCUT2D eigenvalue weighted by atomic mass is 10.1. The minimum absolute atomic E-state index is 0.0640. The molecular weight excluding hydrogens is 262 g/mol. The van der Waals surface area contributed by atoms with Crippen LogP contribution in [0, 0.1) is 20.2 Å². The van der Waals surface area contributed by atoms with Crippen LogP contribution in [-0.4, -0.2) is 23.9 Å². The Bertz CT molecular complexity index is 476. The van der Waals surface area contributed by atoms with E-state index in [1.165, 1.54) is 6.08 Å². The number of hydrogen-bond acceptors (Lipinski definition) is 5. The van der Waals surface area contributed by atoms with E-state index in [9.17, 15) is 20.2 Å². The Hall–Kier alpha value is -1.99. The van der Waals surface area contributed by atoms with Crippen molar-refractivity contribution < 1.29 is 9.85 Å². The van der Waals surface area contributed by atoms with Gasteiger partial charge in [-0.3, -0.25) is 20.2 Å². The molecular formula is C10H12ClN3O4. The van der Waals surface area contributed by atoms with Crippen molar-refractivity contribution in [1.82, 2.24) is 5.32 Å². The highest BCUT2D eigenvalue weighted by Crippen LogP contribution is 2.32. The van der Waals surface area contributed by atoms with Gasteiger partial charge in [0.15, 0.2) is 0 Å². The van der Waals surface area contributed by atoms with Crippen LogP contribution < -0.4 is 5.32 Å². The number of nitro benzene ring substituents is 2. The van der Waals surface area contributed by atoms with Crippen molar-refractivity contribution in [3.63, 3.8) is 0 Å². The first kappa shape index (κ1) is 16.0. The molecule has 18 heavy (non-hydrogen) atoms. The number of hydrogen-bond donors (Lipinski definition) is 1. The molecule has 1 rings (SSSR count). The third-order valence-electron chi connectivity index (χ3n) is 1.70. The molecule has 1 N–H and O–H groups in total. The molecule has 0 atom stereocenters. The summed E-state index contributed by atoms with van der Waals surface area (Å²) >= 11 is 5.64. The number of halogens is 1. The minimum Gasteiger partial charge on any atom is -0.323 e. The van der Waals surface area contributed by atoms with Gasteiger partial charge in [-0.05, 0) is 14.1 Å². The zero-order valence-corrected chi connectivity index (χ0v) is 10.6. The van der Waals surface area contributed by atoms with Gasteiger partial charge in [0, 0.05) is 6.07 Å².